The number of amides is 3. The van der Waals surface area contributed by atoms with Gasteiger partial charge in [-0.15, -0.1) is 0 Å². The molecule has 1 aliphatic carbocycles. The van der Waals surface area contributed by atoms with Crippen LogP contribution in [0, 0.1) is 11.8 Å². The molecular formula is C22H30N4O6. The Kier molecular flexibility index (Phi) is 8.15. The largest absolute Gasteiger partial charge is 0.481 e. The summed E-state index contributed by atoms with van der Waals surface area (Å²) in [6.45, 7) is 0.265. The molecule has 3 rings (SSSR count). The van der Waals surface area contributed by atoms with Gasteiger partial charge in [0.05, 0.1) is 24.5 Å². The lowest BCUT2D eigenvalue weighted by molar-refractivity contribution is -0.143. The average molecular weight is 447 g/mol. The highest BCUT2D eigenvalue weighted by Crippen LogP contribution is 2.36. The number of ether oxygens (including phenoxy) is 1. The van der Waals surface area contributed by atoms with Crippen molar-refractivity contribution in [1.29, 1.82) is 0 Å². The lowest BCUT2D eigenvalue weighted by Gasteiger charge is -2.26. The van der Waals surface area contributed by atoms with Gasteiger partial charge in [0.25, 0.3) is 0 Å². The normalized spacial score (nSPS) is 25.4. The summed E-state index contributed by atoms with van der Waals surface area (Å²) < 4.78 is 5.35. The van der Waals surface area contributed by atoms with E-state index in [9.17, 15) is 19.2 Å². The van der Waals surface area contributed by atoms with Crippen molar-refractivity contribution in [2.75, 3.05) is 26.8 Å². The molecule has 1 saturated heterocycles. The Labute approximate surface area is 186 Å². The highest BCUT2D eigenvalue weighted by Gasteiger charge is 2.42. The molecule has 10 nitrogen and oxygen atoms in total. The van der Waals surface area contributed by atoms with Crippen LogP contribution in [0.5, 0.6) is 0 Å². The van der Waals surface area contributed by atoms with Crippen molar-refractivity contribution >= 4 is 23.7 Å². The third-order valence-electron chi connectivity index (χ3n) is 6.17. The van der Waals surface area contributed by atoms with E-state index in [1.165, 1.54) is 0 Å². The predicted octanol–water partition coefficient (Wildman–Crippen LogP) is 0.493. The van der Waals surface area contributed by atoms with E-state index in [2.05, 4.69) is 15.6 Å². The molecule has 1 aliphatic heterocycles. The van der Waals surface area contributed by atoms with Crippen LogP contribution in [-0.2, 0) is 23.9 Å². The topological polar surface area (TPSA) is 138 Å². The van der Waals surface area contributed by atoms with Gasteiger partial charge in [0.15, 0.2) is 0 Å². The minimum Gasteiger partial charge on any atom is -0.481 e. The molecule has 174 valence electrons. The fourth-order valence-corrected chi connectivity index (χ4v) is 4.41. The summed E-state index contributed by atoms with van der Waals surface area (Å²) in [5.74, 6) is -2.20. The van der Waals surface area contributed by atoms with Gasteiger partial charge in [-0.05, 0) is 37.3 Å². The number of carbonyl (C=O) groups excluding carboxylic acids is 3. The van der Waals surface area contributed by atoms with Gasteiger partial charge in [-0.3, -0.25) is 24.2 Å². The van der Waals surface area contributed by atoms with Gasteiger partial charge in [0.2, 0.25) is 17.7 Å². The quantitative estimate of drug-likeness (QED) is 0.470. The Balaban J connectivity index is 1.35. The van der Waals surface area contributed by atoms with Crippen molar-refractivity contribution in [3.8, 4) is 0 Å². The number of likely N-dealkylation sites (tertiary alicyclic amines) is 1. The maximum Gasteiger partial charge on any atom is 0.306 e. The monoisotopic (exact) mass is 446 g/mol. The van der Waals surface area contributed by atoms with E-state index in [-0.39, 0.29) is 61.9 Å². The van der Waals surface area contributed by atoms with Crippen LogP contribution in [0.15, 0.2) is 24.5 Å². The molecular weight excluding hydrogens is 416 g/mol. The maximum atomic E-state index is 12.7. The summed E-state index contributed by atoms with van der Waals surface area (Å²) in [6, 6.07) is 3.24. The lowest BCUT2D eigenvalue weighted by Crippen LogP contribution is -2.41. The van der Waals surface area contributed by atoms with Crippen LogP contribution in [0.25, 0.3) is 0 Å². The summed E-state index contributed by atoms with van der Waals surface area (Å²) in [5.41, 5.74) is 0.811. The number of carboxylic acid groups (broad SMARTS) is 1. The Hall–Kier alpha value is -3.01. The van der Waals surface area contributed by atoms with Crippen LogP contribution >= 0.6 is 0 Å². The summed E-state index contributed by atoms with van der Waals surface area (Å²) in [4.78, 5) is 53.5. The number of hydrogen-bond acceptors (Lipinski definition) is 6. The fraction of sp³-hybridized carbons (Fsp3) is 0.591. The molecule has 1 saturated carbocycles. The molecule has 0 spiro atoms. The smallest absolute Gasteiger partial charge is 0.306 e. The number of carboxylic acids is 1. The zero-order valence-electron chi connectivity index (χ0n) is 18.2. The third kappa shape index (κ3) is 6.03. The molecule has 0 radical (unpaired) electrons. The number of carbonyl (C=O) groups is 4. The van der Waals surface area contributed by atoms with Gasteiger partial charge >= 0.3 is 5.97 Å². The summed E-state index contributed by atoms with van der Waals surface area (Å²) in [6.07, 6.45) is 5.85. The number of nitrogens with one attached hydrogen (secondary N) is 2. The zero-order chi connectivity index (χ0) is 23.1. The highest BCUT2D eigenvalue weighted by atomic mass is 16.5. The molecule has 3 N–H and O–H groups in total. The number of pyridine rings is 1. The van der Waals surface area contributed by atoms with Gasteiger partial charge in [-0.1, -0.05) is 6.07 Å². The van der Waals surface area contributed by atoms with Crippen molar-refractivity contribution in [3.63, 3.8) is 0 Å². The van der Waals surface area contributed by atoms with E-state index in [1.54, 1.807) is 30.4 Å². The SMILES string of the molecule is CN1C(=O)C[C@H](C(=O)NCCOCC(=O)N[C@H]2CC[C@@H](C(=O)O)CC2)[C@H]1c1cccnc1. The summed E-state index contributed by atoms with van der Waals surface area (Å²) in [7, 11) is 1.68. The van der Waals surface area contributed by atoms with E-state index >= 15 is 0 Å². The standard InChI is InChI=1S/C22H30N4O6/c1-26-19(28)11-17(20(26)15-3-2-8-23-12-15)21(29)24-9-10-32-13-18(27)25-16-6-4-14(5-7-16)22(30)31/h2-3,8,12,14,16-17,20H,4-7,9-11,13H2,1H3,(H,24,29)(H,25,27)(H,30,31)/t14-,16+,17-,20+/m0/s1. The molecule has 2 atom stereocenters. The molecule has 0 aromatic carbocycles. The van der Waals surface area contributed by atoms with E-state index in [0.29, 0.717) is 25.7 Å². The van der Waals surface area contributed by atoms with Gasteiger partial charge in [0.1, 0.15) is 6.61 Å². The first-order valence-corrected chi connectivity index (χ1v) is 10.9. The van der Waals surface area contributed by atoms with E-state index in [4.69, 9.17) is 9.84 Å². The third-order valence-corrected chi connectivity index (χ3v) is 6.17. The number of nitrogens with zero attached hydrogens (tertiary/aromatic N) is 2. The highest BCUT2D eigenvalue weighted by molar-refractivity contribution is 5.90. The number of hydrogen-bond donors (Lipinski definition) is 3. The van der Waals surface area contributed by atoms with Gasteiger partial charge in [-0.25, -0.2) is 0 Å². The molecule has 2 heterocycles. The second-order valence-corrected chi connectivity index (χ2v) is 8.34. The average Bonchev–Trinajstić information content (AvgIpc) is 3.08. The van der Waals surface area contributed by atoms with Crippen LogP contribution in [-0.4, -0.2) is 71.5 Å². The van der Waals surface area contributed by atoms with Crippen LogP contribution in [0.4, 0.5) is 0 Å². The second kappa shape index (κ2) is 11.0. The molecule has 2 fully saturated rings. The predicted molar refractivity (Wildman–Crippen MR) is 113 cm³/mol. The minimum atomic E-state index is -0.777. The van der Waals surface area contributed by atoms with Crippen molar-refractivity contribution in [2.24, 2.45) is 11.8 Å². The molecule has 0 unspecified atom stereocenters. The molecule has 1 aromatic rings. The van der Waals surface area contributed by atoms with Crippen molar-refractivity contribution in [3.05, 3.63) is 30.1 Å². The molecule has 0 bridgehead atoms. The Morgan fingerprint density at radius 1 is 1.25 bits per heavy atom. The van der Waals surface area contributed by atoms with Crippen LogP contribution in [0.3, 0.4) is 0 Å². The summed E-state index contributed by atoms with van der Waals surface area (Å²) >= 11 is 0. The maximum absolute atomic E-state index is 12.7. The summed E-state index contributed by atoms with van der Waals surface area (Å²) in [5, 5.41) is 14.7. The molecule has 10 heteroatoms. The molecule has 3 amide bonds. The van der Waals surface area contributed by atoms with Crippen molar-refractivity contribution < 1.29 is 29.0 Å². The van der Waals surface area contributed by atoms with Gasteiger partial charge < -0.3 is 25.4 Å². The Morgan fingerprint density at radius 2 is 2.00 bits per heavy atom. The number of aliphatic carboxylic acids is 1. The van der Waals surface area contributed by atoms with Crippen LogP contribution in [0.1, 0.15) is 43.7 Å². The first-order chi connectivity index (χ1) is 15.4. The number of aromatic nitrogens is 1. The van der Waals surface area contributed by atoms with Crippen LogP contribution in [0.2, 0.25) is 0 Å². The van der Waals surface area contributed by atoms with Crippen LogP contribution < -0.4 is 10.6 Å². The van der Waals surface area contributed by atoms with Gasteiger partial charge in [-0.2, -0.15) is 0 Å². The minimum absolute atomic E-state index is 0.0253. The lowest BCUT2D eigenvalue weighted by atomic mass is 9.86. The van der Waals surface area contributed by atoms with E-state index in [0.717, 1.165) is 5.56 Å². The second-order valence-electron chi connectivity index (χ2n) is 8.34. The first kappa shape index (κ1) is 23.6. The van der Waals surface area contributed by atoms with E-state index in [1.807, 2.05) is 6.07 Å². The van der Waals surface area contributed by atoms with Gasteiger partial charge in [0, 0.05) is 38.4 Å². The van der Waals surface area contributed by atoms with Crippen molar-refractivity contribution in [2.45, 2.75) is 44.2 Å². The van der Waals surface area contributed by atoms with E-state index < -0.39 is 11.9 Å². The number of rotatable bonds is 9. The zero-order valence-corrected chi connectivity index (χ0v) is 18.2. The fourth-order valence-electron chi connectivity index (χ4n) is 4.41. The molecule has 1 aromatic heterocycles. The Morgan fingerprint density at radius 3 is 2.66 bits per heavy atom. The Bertz CT molecular complexity index is 825. The molecule has 32 heavy (non-hydrogen) atoms. The van der Waals surface area contributed by atoms with Crippen molar-refractivity contribution in [1.82, 2.24) is 20.5 Å². The molecule has 2 aliphatic rings. The first-order valence-electron chi connectivity index (χ1n) is 10.9.